The highest BCUT2D eigenvalue weighted by Gasteiger charge is 2.26. The van der Waals surface area contributed by atoms with Crippen molar-refractivity contribution in [1.29, 1.82) is 0 Å². The van der Waals surface area contributed by atoms with E-state index in [0.29, 0.717) is 20.7 Å². The van der Waals surface area contributed by atoms with Crippen LogP contribution in [0.2, 0.25) is 5.02 Å². The second-order valence-electron chi connectivity index (χ2n) is 5.78. The number of carbonyl (C=O) groups excluding carboxylic acids is 1. The average Bonchev–Trinajstić information content (AvgIpc) is 2.93. The normalized spacial score (nSPS) is 14.0. The van der Waals surface area contributed by atoms with E-state index >= 15 is 0 Å². The molecule has 1 aromatic carbocycles. The topological polar surface area (TPSA) is 70.4 Å². The number of thiophene rings is 1. The molecule has 0 saturated heterocycles. The molecule has 0 fully saturated rings. The minimum Gasteiger partial charge on any atom is -0.365 e. The van der Waals surface area contributed by atoms with E-state index < -0.39 is 5.91 Å². The second-order valence-corrected chi connectivity index (χ2v) is 7.73. The second kappa shape index (κ2) is 7.70. The fourth-order valence-corrected chi connectivity index (χ4v) is 4.58. The lowest BCUT2D eigenvalue weighted by atomic mass is 10.0. The van der Waals surface area contributed by atoms with Gasteiger partial charge in [-0.2, -0.15) is 0 Å². The fourth-order valence-electron chi connectivity index (χ4n) is 2.87. The van der Waals surface area contributed by atoms with Crippen LogP contribution >= 0.6 is 35.2 Å². The van der Waals surface area contributed by atoms with E-state index in [0.717, 1.165) is 37.3 Å². The van der Waals surface area contributed by atoms with Gasteiger partial charge < -0.3 is 16.4 Å². The van der Waals surface area contributed by atoms with Crippen LogP contribution in [0.25, 0.3) is 0 Å². The molecule has 1 aliphatic rings. The summed E-state index contributed by atoms with van der Waals surface area (Å²) in [5, 5.41) is 8.00. The number of thiocarbonyl (C=S) groups is 1. The molecule has 3 rings (SSSR count). The molecule has 1 amide bonds. The smallest absolute Gasteiger partial charge is 0.251 e. The van der Waals surface area contributed by atoms with E-state index in [9.17, 15) is 4.79 Å². The van der Waals surface area contributed by atoms with Gasteiger partial charge in [-0.25, -0.2) is 0 Å². The first-order chi connectivity index (χ1) is 12.0. The maximum Gasteiger partial charge on any atom is 0.251 e. The fraction of sp³-hybridized carbons (Fsp3) is 0.294. The summed E-state index contributed by atoms with van der Waals surface area (Å²) in [4.78, 5) is 15.5. The minimum absolute atomic E-state index is 0.413. The van der Waals surface area contributed by atoms with Crippen LogP contribution in [0.15, 0.2) is 24.3 Å². The Bertz CT molecular complexity index is 804. The molecule has 0 spiro atoms. The van der Waals surface area contributed by atoms with Gasteiger partial charge >= 0.3 is 0 Å². The lowest BCUT2D eigenvalue weighted by Gasteiger charge is -2.25. The molecule has 0 aliphatic carbocycles. The Balaban J connectivity index is 1.79. The Kier molecular flexibility index (Phi) is 5.58. The summed E-state index contributed by atoms with van der Waals surface area (Å²) in [5.41, 5.74) is 8.07. The molecule has 0 unspecified atom stereocenters. The van der Waals surface area contributed by atoms with Crippen molar-refractivity contribution >= 4 is 56.9 Å². The van der Waals surface area contributed by atoms with Gasteiger partial charge in [-0.1, -0.05) is 18.5 Å². The number of nitrogens with one attached hydrogen (secondary N) is 2. The number of amides is 1. The first-order valence-electron chi connectivity index (χ1n) is 7.98. The summed E-state index contributed by atoms with van der Waals surface area (Å²) in [6.45, 7) is 4.91. The molecule has 0 radical (unpaired) electrons. The number of nitrogens with two attached hydrogens (primary N) is 1. The van der Waals surface area contributed by atoms with E-state index in [1.54, 1.807) is 23.5 Å². The van der Waals surface area contributed by atoms with Crippen LogP contribution in [0.5, 0.6) is 0 Å². The van der Waals surface area contributed by atoms with Crippen LogP contribution in [0.1, 0.15) is 27.7 Å². The van der Waals surface area contributed by atoms with Gasteiger partial charge in [-0.15, -0.1) is 11.3 Å². The monoisotopic (exact) mass is 394 g/mol. The van der Waals surface area contributed by atoms with Crippen molar-refractivity contribution in [1.82, 2.24) is 4.90 Å². The van der Waals surface area contributed by atoms with Crippen molar-refractivity contribution in [3.05, 3.63) is 45.3 Å². The number of likely N-dealkylation sites (N-methyl/N-ethyl adjacent to an activating group) is 1. The van der Waals surface area contributed by atoms with Crippen LogP contribution in [0.4, 0.5) is 10.7 Å². The zero-order chi connectivity index (χ0) is 18.0. The van der Waals surface area contributed by atoms with E-state index in [1.807, 2.05) is 12.1 Å². The lowest BCUT2D eigenvalue weighted by Crippen LogP contribution is -2.30. The van der Waals surface area contributed by atoms with Gasteiger partial charge in [-0.3, -0.25) is 9.69 Å². The molecule has 1 aromatic heterocycles. The maximum absolute atomic E-state index is 12.0. The molecule has 132 valence electrons. The SMILES string of the molecule is CCN1CCc2c(sc(NC(=S)Nc3ccc(Cl)cc3)c2C(N)=O)C1. The third-order valence-electron chi connectivity index (χ3n) is 4.16. The minimum atomic E-state index is -0.417. The summed E-state index contributed by atoms with van der Waals surface area (Å²) < 4.78 is 0. The quantitative estimate of drug-likeness (QED) is 0.690. The number of benzene rings is 1. The molecule has 2 aromatic rings. The summed E-state index contributed by atoms with van der Waals surface area (Å²) >= 11 is 12.8. The van der Waals surface area contributed by atoms with Crippen LogP contribution < -0.4 is 16.4 Å². The van der Waals surface area contributed by atoms with Crippen molar-refractivity contribution in [2.45, 2.75) is 19.9 Å². The van der Waals surface area contributed by atoms with Crippen LogP contribution in [0.3, 0.4) is 0 Å². The van der Waals surface area contributed by atoms with Crippen molar-refractivity contribution in [2.24, 2.45) is 5.73 Å². The Hall–Kier alpha value is -1.67. The summed E-state index contributed by atoms with van der Waals surface area (Å²) in [6, 6.07) is 7.24. The maximum atomic E-state index is 12.0. The molecule has 1 aliphatic heterocycles. The largest absolute Gasteiger partial charge is 0.365 e. The van der Waals surface area contributed by atoms with Crippen molar-refractivity contribution in [2.75, 3.05) is 23.7 Å². The van der Waals surface area contributed by atoms with Crippen molar-refractivity contribution in [3.63, 3.8) is 0 Å². The van der Waals surface area contributed by atoms with Crippen LogP contribution in [-0.2, 0) is 13.0 Å². The molecule has 5 nitrogen and oxygen atoms in total. The van der Waals surface area contributed by atoms with Crippen LogP contribution in [0, 0.1) is 0 Å². The van der Waals surface area contributed by atoms with Crippen LogP contribution in [-0.4, -0.2) is 29.0 Å². The van der Waals surface area contributed by atoms with E-state index in [4.69, 9.17) is 29.6 Å². The predicted molar refractivity (Wildman–Crippen MR) is 109 cm³/mol. The summed E-state index contributed by atoms with van der Waals surface area (Å²) in [7, 11) is 0. The number of halogens is 1. The molecular formula is C17H19ClN4OS2. The molecule has 8 heteroatoms. The number of primary amides is 1. The van der Waals surface area contributed by atoms with Crippen molar-refractivity contribution in [3.8, 4) is 0 Å². The molecule has 0 saturated carbocycles. The first-order valence-corrected chi connectivity index (χ1v) is 9.58. The number of carbonyl (C=O) groups is 1. The number of nitrogens with zero attached hydrogens (tertiary/aromatic N) is 1. The van der Waals surface area contributed by atoms with Gasteiger partial charge in [0.25, 0.3) is 5.91 Å². The molecule has 4 N–H and O–H groups in total. The zero-order valence-corrected chi connectivity index (χ0v) is 16.2. The average molecular weight is 395 g/mol. The number of fused-ring (bicyclic) bond motifs is 1. The predicted octanol–water partition coefficient (Wildman–Crippen LogP) is 3.69. The van der Waals surface area contributed by atoms with E-state index in [2.05, 4.69) is 22.5 Å². The lowest BCUT2D eigenvalue weighted by molar-refractivity contribution is 0.1000. The third kappa shape index (κ3) is 4.12. The Morgan fingerprint density at radius 2 is 2.08 bits per heavy atom. The molecular weight excluding hydrogens is 376 g/mol. The Morgan fingerprint density at radius 1 is 1.36 bits per heavy atom. The van der Waals surface area contributed by atoms with Gasteiger partial charge in [0.2, 0.25) is 0 Å². The number of rotatable bonds is 4. The Labute approximate surface area is 161 Å². The van der Waals surface area contributed by atoms with Crippen molar-refractivity contribution < 1.29 is 4.79 Å². The summed E-state index contributed by atoms with van der Waals surface area (Å²) in [5.74, 6) is -0.417. The number of anilines is 2. The molecule has 0 atom stereocenters. The molecule has 25 heavy (non-hydrogen) atoms. The standard InChI is InChI=1S/C17H19ClN4OS2/c1-2-22-8-7-12-13(9-22)25-16(14(12)15(19)23)21-17(24)20-11-5-3-10(18)4-6-11/h3-6H,2,7-9H2,1H3,(H2,19,23)(H2,20,21,24). The molecule has 0 bridgehead atoms. The van der Waals surface area contributed by atoms with Gasteiger partial charge in [0.15, 0.2) is 5.11 Å². The zero-order valence-electron chi connectivity index (χ0n) is 13.8. The van der Waals surface area contributed by atoms with E-state index in [1.165, 1.54) is 4.88 Å². The number of hydrogen-bond donors (Lipinski definition) is 3. The first kappa shape index (κ1) is 18.1. The van der Waals surface area contributed by atoms with E-state index in [-0.39, 0.29) is 0 Å². The number of hydrogen-bond acceptors (Lipinski definition) is 4. The highest BCUT2D eigenvalue weighted by Crippen LogP contribution is 2.37. The Morgan fingerprint density at radius 3 is 2.72 bits per heavy atom. The van der Waals surface area contributed by atoms with Gasteiger partial charge in [0.05, 0.1) is 5.56 Å². The third-order valence-corrected chi connectivity index (χ3v) is 5.75. The highest BCUT2D eigenvalue weighted by atomic mass is 35.5. The van der Waals surface area contributed by atoms with Gasteiger partial charge in [-0.05, 0) is 55.0 Å². The highest BCUT2D eigenvalue weighted by molar-refractivity contribution is 7.80. The molecule has 2 heterocycles. The summed E-state index contributed by atoms with van der Waals surface area (Å²) in [6.07, 6.45) is 0.830. The van der Waals surface area contributed by atoms with Gasteiger partial charge in [0.1, 0.15) is 5.00 Å². The van der Waals surface area contributed by atoms with Gasteiger partial charge in [0, 0.05) is 28.7 Å².